The second kappa shape index (κ2) is 10.7. The fourth-order valence-electron chi connectivity index (χ4n) is 8.18. The highest BCUT2D eigenvalue weighted by Crippen LogP contribution is 2.40. The lowest BCUT2D eigenvalue weighted by atomic mass is 10.1. The molecule has 4 aromatic heterocycles. The van der Waals surface area contributed by atoms with Gasteiger partial charge in [0.25, 0.3) is 18.5 Å². The third-order valence-corrected chi connectivity index (χ3v) is 10.3. The molecule has 0 atom stereocenters. The Bertz CT molecular complexity index is 3090. The predicted octanol–water partition coefficient (Wildman–Crippen LogP) is 10.0. The molecule has 7 aromatic carbocycles. The fourth-order valence-corrected chi connectivity index (χ4v) is 8.18. The zero-order valence-electron chi connectivity index (χ0n) is 27.4. The summed E-state index contributed by atoms with van der Waals surface area (Å²) >= 11 is 0. The Morgan fingerprint density at radius 2 is 0.941 bits per heavy atom. The third-order valence-electron chi connectivity index (χ3n) is 10.3. The van der Waals surface area contributed by atoms with E-state index in [1.807, 2.05) is 6.33 Å². The van der Waals surface area contributed by atoms with Crippen molar-refractivity contribution in [2.75, 3.05) is 0 Å². The molecule has 6 heteroatoms. The molecule has 0 aliphatic heterocycles. The average molecular weight is 654 g/mol. The van der Waals surface area contributed by atoms with E-state index in [2.05, 4.69) is 187 Å². The van der Waals surface area contributed by atoms with Crippen molar-refractivity contribution in [2.24, 2.45) is 0 Å². The lowest BCUT2D eigenvalue weighted by molar-refractivity contribution is -0.715. The van der Waals surface area contributed by atoms with Gasteiger partial charge in [-0.15, -0.1) is 4.68 Å². The maximum Gasteiger partial charge on any atom is 0.295 e. The number of rotatable bonds is 4. The molecular weight excluding hydrogens is 625 g/mol. The minimum absolute atomic E-state index is 0.787. The van der Waals surface area contributed by atoms with Crippen LogP contribution < -0.4 is 4.68 Å². The van der Waals surface area contributed by atoms with Crippen LogP contribution in [0.1, 0.15) is 0 Å². The van der Waals surface area contributed by atoms with Crippen molar-refractivity contribution in [2.45, 2.75) is 0 Å². The third kappa shape index (κ3) is 3.95. The number of fused-ring (bicyclic) bond motifs is 10. The molecule has 0 saturated heterocycles. The van der Waals surface area contributed by atoms with Crippen molar-refractivity contribution in [1.82, 2.24) is 23.8 Å². The van der Waals surface area contributed by atoms with E-state index in [4.69, 9.17) is 4.98 Å². The van der Waals surface area contributed by atoms with Crippen molar-refractivity contribution in [3.05, 3.63) is 176 Å². The smallest absolute Gasteiger partial charge is 0.295 e. The van der Waals surface area contributed by atoms with E-state index in [1.165, 1.54) is 43.4 Å². The molecule has 11 aromatic rings. The summed E-state index contributed by atoms with van der Waals surface area (Å²) in [4.78, 5) is 9.60. The Balaban J connectivity index is 1.23. The van der Waals surface area contributed by atoms with Gasteiger partial charge in [0.05, 0.1) is 33.1 Å². The van der Waals surface area contributed by atoms with Crippen molar-refractivity contribution in [3.63, 3.8) is 0 Å². The van der Waals surface area contributed by atoms with Gasteiger partial charge in [0, 0.05) is 43.7 Å². The number of nitrogens with zero attached hydrogens (tertiary/aromatic N) is 6. The second-order valence-electron chi connectivity index (χ2n) is 13.0. The van der Waals surface area contributed by atoms with Crippen LogP contribution in [-0.2, 0) is 0 Å². The molecule has 0 aliphatic carbocycles. The van der Waals surface area contributed by atoms with Crippen LogP contribution >= 0.6 is 0 Å². The second-order valence-corrected chi connectivity index (χ2v) is 13.0. The molecule has 6 nitrogen and oxygen atoms in total. The standard InChI is InChI=1S/C45H29N6/c1-2-14-31(15-3-1)50-41-23-10-6-19-35(41)37-25-26-38-36-20-7-11-24-42(36)51(44(38)43(37)50)48-29-46-28-47-45(48)30-13-12-16-32(27-30)49-39-21-8-4-17-33(39)34-18-5-9-22-40(34)49/h1-29H/q+1. The maximum absolute atomic E-state index is 4.98. The van der Waals surface area contributed by atoms with Gasteiger partial charge in [0.2, 0.25) is 0 Å². The molecule has 238 valence electrons. The van der Waals surface area contributed by atoms with E-state index in [1.54, 1.807) is 6.33 Å². The summed E-state index contributed by atoms with van der Waals surface area (Å²) in [5.41, 5.74) is 9.98. The number of hydrogen-bond acceptors (Lipinski definition) is 2. The van der Waals surface area contributed by atoms with E-state index in [0.717, 1.165) is 44.8 Å². The molecular formula is C45H29N6+. The Kier molecular flexibility index (Phi) is 5.86. The number of para-hydroxylation sites is 5. The summed E-state index contributed by atoms with van der Waals surface area (Å²) in [6.45, 7) is 0. The van der Waals surface area contributed by atoms with E-state index in [9.17, 15) is 0 Å². The number of benzene rings is 7. The van der Waals surface area contributed by atoms with Gasteiger partial charge in [-0.1, -0.05) is 119 Å². The van der Waals surface area contributed by atoms with Crippen LogP contribution in [0.4, 0.5) is 0 Å². The number of aromatic nitrogens is 6. The highest BCUT2D eigenvalue weighted by molar-refractivity contribution is 6.23. The summed E-state index contributed by atoms with van der Waals surface area (Å²) in [5.74, 6) is 0.787. The Hall–Kier alpha value is -7.05. The Morgan fingerprint density at radius 3 is 1.63 bits per heavy atom. The van der Waals surface area contributed by atoms with Gasteiger partial charge in [-0.25, -0.2) is 0 Å². The summed E-state index contributed by atoms with van der Waals surface area (Å²) in [5, 5.41) is 7.21. The molecule has 0 radical (unpaired) electrons. The summed E-state index contributed by atoms with van der Waals surface area (Å²) in [6, 6.07) is 58.4. The monoisotopic (exact) mass is 653 g/mol. The van der Waals surface area contributed by atoms with Crippen molar-refractivity contribution >= 4 is 65.4 Å². The van der Waals surface area contributed by atoms with Gasteiger partial charge in [0.1, 0.15) is 5.52 Å². The first-order valence-electron chi connectivity index (χ1n) is 17.2. The van der Waals surface area contributed by atoms with Crippen LogP contribution in [0.25, 0.3) is 88.2 Å². The maximum atomic E-state index is 4.98. The first kappa shape index (κ1) is 27.9. The molecule has 0 N–H and O–H groups in total. The van der Waals surface area contributed by atoms with Crippen molar-refractivity contribution < 1.29 is 4.68 Å². The topological polar surface area (TPSA) is 44.4 Å². The Morgan fingerprint density at radius 1 is 0.412 bits per heavy atom. The van der Waals surface area contributed by atoms with Gasteiger partial charge in [-0.3, -0.25) is 0 Å². The summed E-state index contributed by atoms with van der Waals surface area (Å²) in [7, 11) is 0. The molecule has 51 heavy (non-hydrogen) atoms. The molecule has 0 fully saturated rings. The first-order valence-corrected chi connectivity index (χ1v) is 17.2. The van der Waals surface area contributed by atoms with Gasteiger partial charge < -0.3 is 9.13 Å². The van der Waals surface area contributed by atoms with Crippen LogP contribution in [0, 0.1) is 0 Å². The minimum Gasteiger partial charge on any atom is -0.309 e. The molecule has 0 bridgehead atoms. The van der Waals surface area contributed by atoms with Crippen molar-refractivity contribution in [3.8, 4) is 22.8 Å². The van der Waals surface area contributed by atoms with Crippen LogP contribution in [0.3, 0.4) is 0 Å². The van der Waals surface area contributed by atoms with E-state index in [0.29, 0.717) is 0 Å². The minimum atomic E-state index is 0.787. The van der Waals surface area contributed by atoms with Gasteiger partial charge in [-0.2, -0.15) is 4.68 Å². The largest absolute Gasteiger partial charge is 0.309 e. The molecule has 0 aliphatic rings. The van der Waals surface area contributed by atoms with Gasteiger partial charge in [0.15, 0.2) is 0 Å². The normalized spacial score (nSPS) is 11.9. The number of hydrogen-bond donors (Lipinski definition) is 0. The van der Waals surface area contributed by atoms with Crippen LogP contribution in [-0.4, -0.2) is 23.8 Å². The molecule has 11 rings (SSSR count). The average Bonchev–Trinajstić information content (AvgIpc) is 3.84. The SMILES string of the molecule is c1ccc(-n2c3ccccc3c3ccc4c5ccccc5n(-[n+]5cncnc5-c5cccc(-n6c7ccccc7c7ccccc76)c5)c4c32)cc1. The summed E-state index contributed by atoms with van der Waals surface area (Å²) < 4.78 is 9.16. The zero-order valence-corrected chi connectivity index (χ0v) is 27.4. The fraction of sp³-hybridized carbons (Fsp3) is 0. The lowest BCUT2D eigenvalue weighted by Gasteiger charge is -2.13. The van der Waals surface area contributed by atoms with Crippen molar-refractivity contribution in [1.29, 1.82) is 0 Å². The van der Waals surface area contributed by atoms with Crippen LogP contribution in [0.5, 0.6) is 0 Å². The molecule has 4 heterocycles. The van der Waals surface area contributed by atoms with E-state index >= 15 is 0 Å². The Labute approximate surface area is 292 Å². The predicted molar refractivity (Wildman–Crippen MR) is 207 cm³/mol. The molecule has 0 amide bonds. The first-order chi connectivity index (χ1) is 25.3. The van der Waals surface area contributed by atoms with Crippen LogP contribution in [0.15, 0.2) is 176 Å². The highest BCUT2D eigenvalue weighted by atomic mass is 15.5. The quantitative estimate of drug-likeness (QED) is 0.178. The highest BCUT2D eigenvalue weighted by Gasteiger charge is 2.25. The lowest BCUT2D eigenvalue weighted by Crippen LogP contribution is -2.44. The van der Waals surface area contributed by atoms with Crippen LogP contribution in [0.2, 0.25) is 0 Å². The zero-order chi connectivity index (χ0) is 33.5. The van der Waals surface area contributed by atoms with E-state index in [-0.39, 0.29) is 0 Å². The molecule has 0 spiro atoms. The van der Waals surface area contributed by atoms with Gasteiger partial charge in [-0.05, 0) is 54.6 Å². The summed E-state index contributed by atoms with van der Waals surface area (Å²) in [6.07, 6.45) is 3.53. The molecule has 0 unspecified atom stereocenters. The van der Waals surface area contributed by atoms with Gasteiger partial charge >= 0.3 is 0 Å². The van der Waals surface area contributed by atoms with E-state index < -0.39 is 0 Å². The molecule has 0 saturated carbocycles.